The van der Waals surface area contributed by atoms with Gasteiger partial charge in [0.25, 0.3) is 5.91 Å². The van der Waals surface area contributed by atoms with Crippen LogP contribution >= 0.6 is 0 Å². The van der Waals surface area contributed by atoms with Crippen molar-refractivity contribution in [1.29, 1.82) is 0 Å². The van der Waals surface area contributed by atoms with Crippen LogP contribution in [0.15, 0.2) is 18.2 Å². The first-order valence-corrected chi connectivity index (χ1v) is 8.77. The van der Waals surface area contributed by atoms with Gasteiger partial charge in [-0.1, -0.05) is 6.07 Å². The van der Waals surface area contributed by atoms with E-state index >= 15 is 0 Å². The lowest BCUT2D eigenvalue weighted by molar-refractivity contribution is 0.0728. The van der Waals surface area contributed by atoms with E-state index in [1.807, 2.05) is 30.1 Å². The maximum absolute atomic E-state index is 13.0. The van der Waals surface area contributed by atoms with Gasteiger partial charge in [0.05, 0.1) is 5.56 Å². The molecule has 1 N–H and O–H groups in total. The minimum absolute atomic E-state index is 0.0589. The van der Waals surface area contributed by atoms with Crippen molar-refractivity contribution in [2.75, 3.05) is 21.1 Å². The number of amides is 1. The van der Waals surface area contributed by atoms with E-state index in [9.17, 15) is 4.79 Å². The van der Waals surface area contributed by atoms with Gasteiger partial charge in [0.15, 0.2) is 0 Å². The van der Waals surface area contributed by atoms with E-state index in [0.717, 1.165) is 30.2 Å². The number of fused-ring (bicyclic) bond motifs is 2. The average molecular weight is 327 g/mol. The predicted octanol–water partition coefficient (Wildman–Crippen LogP) is 2.15. The molecule has 128 valence electrons. The number of carbonyl (C=O) groups is 1. The first-order chi connectivity index (χ1) is 11.5. The smallest absolute Gasteiger partial charge is 0.256 e. The van der Waals surface area contributed by atoms with Crippen LogP contribution in [0.25, 0.3) is 11.0 Å². The molecular weight excluding hydrogens is 302 g/mol. The lowest BCUT2D eigenvalue weighted by Gasteiger charge is -2.27. The molecule has 0 radical (unpaired) electrons. The molecule has 2 aromatic rings. The van der Waals surface area contributed by atoms with Gasteiger partial charge in [0, 0.05) is 19.1 Å². The van der Waals surface area contributed by atoms with Crippen molar-refractivity contribution in [3.63, 3.8) is 0 Å². The zero-order valence-electron chi connectivity index (χ0n) is 14.6. The van der Waals surface area contributed by atoms with Crippen molar-refractivity contribution in [2.24, 2.45) is 11.8 Å². The molecular formula is C18H25N5O. The summed E-state index contributed by atoms with van der Waals surface area (Å²) < 4.78 is 0. The minimum atomic E-state index is 0.0589. The summed E-state index contributed by atoms with van der Waals surface area (Å²) in [7, 11) is 6.30. The van der Waals surface area contributed by atoms with Gasteiger partial charge in [-0.3, -0.25) is 4.79 Å². The molecule has 4 atom stereocenters. The van der Waals surface area contributed by atoms with Crippen LogP contribution in [0.2, 0.25) is 0 Å². The quantitative estimate of drug-likeness (QED) is 0.938. The molecule has 0 aliphatic heterocycles. The van der Waals surface area contributed by atoms with Crippen LogP contribution in [0.4, 0.5) is 0 Å². The van der Waals surface area contributed by atoms with E-state index in [-0.39, 0.29) is 5.91 Å². The highest BCUT2D eigenvalue weighted by molar-refractivity contribution is 6.04. The van der Waals surface area contributed by atoms with Gasteiger partial charge in [0.2, 0.25) is 0 Å². The van der Waals surface area contributed by atoms with Gasteiger partial charge in [-0.25, -0.2) is 0 Å². The van der Waals surface area contributed by atoms with Gasteiger partial charge in [0.1, 0.15) is 11.0 Å². The van der Waals surface area contributed by atoms with Gasteiger partial charge in [-0.15, -0.1) is 0 Å². The highest BCUT2D eigenvalue weighted by Gasteiger charge is 2.44. The first-order valence-electron chi connectivity index (χ1n) is 8.77. The van der Waals surface area contributed by atoms with Crippen LogP contribution < -0.4 is 0 Å². The molecule has 6 heteroatoms. The van der Waals surface area contributed by atoms with E-state index in [2.05, 4.69) is 34.4 Å². The lowest BCUT2D eigenvalue weighted by atomic mass is 10.0. The van der Waals surface area contributed by atoms with Crippen molar-refractivity contribution in [2.45, 2.75) is 37.8 Å². The Morgan fingerprint density at radius 3 is 2.38 bits per heavy atom. The summed E-state index contributed by atoms with van der Waals surface area (Å²) >= 11 is 0. The summed E-state index contributed by atoms with van der Waals surface area (Å²) in [6, 6.07) is 6.65. The summed E-state index contributed by atoms with van der Waals surface area (Å²) in [6.07, 6.45) is 4.81. The largest absolute Gasteiger partial charge is 0.339 e. The Kier molecular flexibility index (Phi) is 3.79. The highest BCUT2D eigenvalue weighted by atomic mass is 16.2. The molecule has 2 aliphatic carbocycles. The molecule has 1 heterocycles. The number of carbonyl (C=O) groups excluding carboxylic acids is 1. The minimum Gasteiger partial charge on any atom is -0.339 e. The summed E-state index contributed by atoms with van der Waals surface area (Å²) in [5.74, 6) is 1.59. The van der Waals surface area contributed by atoms with Crippen LogP contribution in [0, 0.1) is 11.8 Å². The van der Waals surface area contributed by atoms with Gasteiger partial charge < -0.3 is 9.80 Å². The molecule has 1 amide bonds. The highest BCUT2D eigenvalue weighted by Crippen LogP contribution is 2.46. The first kappa shape index (κ1) is 15.6. The van der Waals surface area contributed by atoms with Crippen LogP contribution in [0.1, 0.15) is 36.0 Å². The number of aromatic nitrogens is 3. The lowest BCUT2D eigenvalue weighted by Crippen LogP contribution is -2.36. The number of hydrogen-bond donors (Lipinski definition) is 1. The standard InChI is InChI=1S/C18H25N5O/c1-22(2)13-7-11-9-14(10-12(11)8-13)23(3)18(24)15-5-4-6-16-17(15)20-21-19-16/h4-6,11-14H,7-10H2,1-3H3,(H,19,20,21)/t11-,12+,13?,14?. The SMILES string of the molecule is CN(C)C1C[C@@H]2CC(N(C)C(=O)c3cccc4n[nH]nc34)C[C@@H]2C1. The van der Waals surface area contributed by atoms with Crippen LogP contribution in [-0.4, -0.2) is 64.3 Å². The Labute approximate surface area is 142 Å². The maximum Gasteiger partial charge on any atom is 0.256 e. The Hall–Kier alpha value is -1.95. The van der Waals surface area contributed by atoms with E-state index in [1.165, 1.54) is 12.8 Å². The van der Waals surface area contributed by atoms with Crippen LogP contribution in [0.3, 0.4) is 0 Å². The molecule has 6 nitrogen and oxygen atoms in total. The Morgan fingerprint density at radius 2 is 1.71 bits per heavy atom. The van der Waals surface area contributed by atoms with Gasteiger partial charge in [-0.2, -0.15) is 15.4 Å². The third-order valence-electron chi connectivity index (χ3n) is 6.14. The number of para-hydroxylation sites is 1. The molecule has 0 spiro atoms. The number of nitrogens with one attached hydrogen (secondary N) is 1. The molecule has 1 aromatic carbocycles. The summed E-state index contributed by atoms with van der Waals surface area (Å²) in [6.45, 7) is 0. The van der Waals surface area contributed by atoms with E-state index in [0.29, 0.717) is 23.2 Å². The summed E-state index contributed by atoms with van der Waals surface area (Å²) in [5, 5.41) is 10.8. The van der Waals surface area contributed by atoms with Crippen LogP contribution in [0.5, 0.6) is 0 Å². The summed E-state index contributed by atoms with van der Waals surface area (Å²) in [5.41, 5.74) is 2.05. The zero-order valence-corrected chi connectivity index (χ0v) is 14.6. The fourth-order valence-corrected chi connectivity index (χ4v) is 4.69. The molecule has 4 rings (SSSR count). The second kappa shape index (κ2) is 5.84. The third kappa shape index (κ3) is 2.49. The third-order valence-corrected chi connectivity index (χ3v) is 6.14. The summed E-state index contributed by atoms with van der Waals surface area (Å²) in [4.78, 5) is 17.3. The van der Waals surface area contributed by atoms with E-state index in [4.69, 9.17) is 0 Å². The van der Waals surface area contributed by atoms with Crippen molar-refractivity contribution in [3.8, 4) is 0 Å². The number of benzene rings is 1. The average Bonchev–Trinajstić information content (AvgIpc) is 3.26. The molecule has 2 fully saturated rings. The van der Waals surface area contributed by atoms with E-state index in [1.54, 1.807) is 0 Å². The van der Waals surface area contributed by atoms with Crippen LogP contribution in [-0.2, 0) is 0 Å². The number of aromatic amines is 1. The number of nitrogens with zero attached hydrogens (tertiary/aromatic N) is 4. The molecule has 1 aromatic heterocycles. The molecule has 2 aliphatic rings. The Bertz CT molecular complexity index is 741. The van der Waals surface area contributed by atoms with Crippen molar-refractivity contribution in [3.05, 3.63) is 23.8 Å². The molecule has 24 heavy (non-hydrogen) atoms. The number of rotatable bonds is 3. The molecule has 2 saturated carbocycles. The van der Waals surface area contributed by atoms with Crippen molar-refractivity contribution < 1.29 is 4.79 Å². The fourth-order valence-electron chi connectivity index (χ4n) is 4.69. The number of H-pyrrole nitrogens is 1. The topological polar surface area (TPSA) is 65.1 Å². The monoisotopic (exact) mass is 327 g/mol. The molecule has 0 bridgehead atoms. The zero-order chi connectivity index (χ0) is 16.8. The normalized spacial score (nSPS) is 29.3. The van der Waals surface area contributed by atoms with Crippen molar-refractivity contribution >= 4 is 16.9 Å². The van der Waals surface area contributed by atoms with Gasteiger partial charge >= 0.3 is 0 Å². The van der Waals surface area contributed by atoms with Gasteiger partial charge in [-0.05, 0) is 63.7 Å². The Balaban J connectivity index is 1.48. The fraction of sp³-hybridized carbons (Fsp3) is 0.611. The molecule has 0 saturated heterocycles. The second-order valence-electron chi connectivity index (χ2n) is 7.65. The predicted molar refractivity (Wildman–Crippen MR) is 92.7 cm³/mol. The van der Waals surface area contributed by atoms with E-state index < -0.39 is 0 Å². The second-order valence-corrected chi connectivity index (χ2v) is 7.65. The number of hydrogen-bond acceptors (Lipinski definition) is 4. The maximum atomic E-state index is 13.0. The Morgan fingerprint density at radius 1 is 1.04 bits per heavy atom. The molecule has 2 unspecified atom stereocenters. The van der Waals surface area contributed by atoms with Crippen molar-refractivity contribution in [1.82, 2.24) is 25.2 Å².